The minimum absolute atomic E-state index is 0.0618. The molecule has 1 aromatic rings. The fraction of sp³-hybridized carbons (Fsp3) is 0.550. The van der Waals surface area contributed by atoms with Gasteiger partial charge in [0.25, 0.3) is 5.91 Å². The molecule has 1 aromatic carbocycles. The lowest BCUT2D eigenvalue weighted by Gasteiger charge is -2.31. The monoisotopic (exact) mass is 408 g/mol. The molecule has 7 nitrogen and oxygen atoms in total. The van der Waals surface area contributed by atoms with Crippen molar-refractivity contribution in [3.63, 3.8) is 0 Å². The average Bonchev–Trinajstić information content (AvgIpc) is 2.67. The Morgan fingerprint density at radius 3 is 2.39 bits per heavy atom. The van der Waals surface area contributed by atoms with Crippen molar-refractivity contribution in [1.29, 1.82) is 0 Å². The predicted molar refractivity (Wildman–Crippen MR) is 111 cm³/mol. The summed E-state index contributed by atoms with van der Waals surface area (Å²) in [5.74, 6) is -0.164. The number of amides is 4. The minimum atomic E-state index is -0.430. The Labute approximate surface area is 171 Å². The summed E-state index contributed by atoms with van der Waals surface area (Å²) in [5, 5.41) is 5.58. The smallest absolute Gasteiger partial charge is 0.319 e. The van der Waals surface area contributed by atoms with Gasteiger partial charge in [0.2, 0.25) is 5.91 Å². The first-order valence-electron chi connectivity index (χ1n) is 9.61. The van der Waals surface area contributed by atoms with Crippen LogP contribution in [0.4, 0.5) is 10.5 Å². The van der Waals surface area contributed by atoms with Gasteiger partial charge in [-0.05, 0) is 31.0 Å². The minimum Gasteiger partial charge on any atom is -0.349 e. The third-order valence-electron chi connectivity index (χ3n) is 5.02. The van der Waals surface area contributed by atoms with E-state index in [1.807, 2.05) is 7.05 Å². The van der Waals surface area contributed by atoms with E-state index in [9.17, 15) is 14.4 Å². The van der Waals surface area contributed by atoms with Crippen molar-refractivity contribution in [3.8, 4) is 0 Å². The van der Waals surface area contributed by atoms with Crippen LogP contribution in [0.2, 0.25) is 5.02 Å². The highest BCUT2D eigenvalue weighted by Gasteiger charge is 2.24. The Morgan fingerprint density at radius 2 is 1.79 bits per heavy atom. The molecule has 0 atom stereocenters. The zero-order valence-corrected chi connectivity index (χ0v) is 17.5. The van der Waals surface area contributed by atoms with Crippen molar-refractivity contribution in [3.05, 3.63) is 28.8 Å². The molecule has 0 heterocycles. The first-order chi connectivity index (χ1) is 13.3. The largest absolute Gasteiger partial charge is 0.349 e. The van der Waals surface area contributed by atoms with Gasteiger partial charge >= 0.3 is 6.03 Å². The quantitative estimate of drug-likeness (QED) is 0.757. The number of anilines is 1. The number of nitrogens with one attached hydrogen (secondary N) is 2. The Morgan fingerprint density at radius 1 is 1.11 bits per heavy atom. The predicted octanol–water partition coefficient (Wildman–Crippen LogP) is 3.34. The summed E-state index contributed by atoms with van der Waals surface area (Å²) < 4.78 is 0. The summed E-state index contributed by atoms with van der Waals surface area (Å²) in [6, 6.07) is 4.67. The van der Waals surface area contributed by atoms with Crippen LogP contribution in [0.1, 0.15) is 48.9 Å². The second-order valence-electron chi connectivity index (χ2n) is 7.32. The van der Waals surface area contributed by atoms with Crippen LogP contribution in [-0.2, 0) is 4.79 Å². The van der Waals surface area contributed by atoms with Crippen LogP contribution in [0.15, 0.2) is 18.2 Å². The van der Waals surface area contributed by atoms with Gasteiger partial charge in [0.1, 0.15) is 0 Å². The average molecular weight is 409 g/mol. The highest BCUT2D eigenvalue weighted by molar-refractivity contribution is 6.34. The van der Waals surface area contributed by atoms with Crippen molar-refractivity contribution in [2.24, 2.45) is 0 Å². The van der Waals surface area contributed by atoms with Crippen molar-refractivity contribution < 1.29 is 14.4 Å². The highest BCUT2D eigenvalue weighted by Crippen LogP contribution is 2.26. The van der Waals surface area contributed by atoms with Gasteiger partial charge in [-0.2, -0.15) is 0 Å². The molecule has 0 unspecified atom stereocenters. The maximum atomic E-state index is 12.8. The topological polar surface area (TPSA) is 81.8 Å². The first-order valence-corrected chi connectivity index (χ1v) is 9.99. The number of carbonyl (C=O) groups excluding carboxylic acids is 3. The number of hydrogen-bond donors (Lipinski definition) is 2. The lowest BCUT2D eigenvalue weighted by molar-refractivity contribution is -0.128. The molecule has 0 aliphatic heterocycles. The molecule has 2 N–H and O–H groups in total. The van der Waals surface area contributed by atoms with Gasteiger partial charge < -0.3 is 20.4 Å². The van der Waals surface area contributed by atoms with E-state index in [0.29, 0.717) is 16.3 Å². The number of benzene rings is 1. The number of urea groups is 1. The summed E-state index contributed by atoms with van der Waals surface area (Å²) in [6.45, 7) is 0.235. The molecule has 8 heteroatoms. The molecule has 1 saturated carbocycles. The molecule has 4 amide bonds. The SMILES string of the molecule is CN(C)C(=O)CCNC(=O)Nc1ccc(C(=O)N(C)C2CCCCC2)c(Cl)c1. The molecule has 1 aliphatic rings. The van der Waals surface area contributed by atoms with Crippen LogP contribution in [0.5, 0.6) is 0 Å². The van der Waals surface area contributed by atoms with E-state index in [4.69, 9.17) is 11.6 Å². The van der Waals surface area contributed by atoms with Gasteiger partial charge in [-0.1, -0.05) is 30.9 Å². The molecule has 0 bridgehead atoms. The zero-order valence-electron chi connectivity index (χ0n) is 16.8. The van der Waals surface area contributed by atoms with E-state index in [2.05, 4.69) is 10.6 Å². The van der Waals surface area contributed by atoms with Crippen LogP contribution in [-0.4, -0.2) is 61.4 Å². The van der Waals surface area contributed by atoms with Crippen molar-refractivity contribution in [2.45, 2.75) is 44.6 Å². The number of nitrogens with zero attached hydrogens (tertiary/aromatic N) is 2. The van der Waals surface area contributed by atoms with E-state index in [1.165, 1.54) is 11.3 Å². The molecule has 0 aromatic heterocycles. The van der Waals surface area contributed by atoms with Crippen LogP contribution in [0.25, 0.3) is 0 Å². The first kappa shape index (κ1) is 22.0. The van der Waals surface area contributed by atoms with Crippen LogP contribution in [0.3, 0.4) is 0 Å². The third kappa shape index (κ3) is 6.12. The van der Waals surface area contributed by atoms with Gasteiger partial charge in [0.15, 0.2) is 0 Å². The van der Waals surface area contributed by atoms with Gasteiger partial charge in [-0.3, -0.25) is 9.59 Å². The number of halogens is 1. The van der Waals surface area contributed by atoms with Gasteiger partial charge in [0.05, 0.1) is 10.6 Å². The molecular weight excluding hydrogens is 380 g/mol. The molecule has 2 rings (SSSR count). The van der Waals surface area contributed by atoms with Crippen LogP contribution in [0, 0.1) is 0 Å². The standard InChI is InChI=1S/C20H29ClN4O3/c1-24(2)18(26)11-12-22-20(28)23-14-9-10-16(17(21)13-14)19(27)25(3)15-7-5-4-6-8-15/h9-10,13,15H,4-8,11-12H2,1-3H3,(H2,22,23,28). The summed E-state index contributed by atoms with van der Waals surface area (Å²) in [6.07, 6.45) is 5.79. The molecule has 0 saturated heterocycles. The van der Waals surface area contributed by atoms with Gasteiger partial charge in [-0.15, -0.1) is 0 Å². The van der Waals surface area contributed by atoms with Crippen LogP contribution >= 0.6 is 11.6 Å². The third-order valence-corrected chi connectivity index (χ3v) is 5.34. The maximum Gasteiger partial charge on any atom is 0.319 e. The van der Waals surface area contributed by atoms with Crippen LogP contribution < -0.4 is 10.6 Å². The number of rotatable bonds is 6. The van der Waals surface area contributed by atoms with Gasteiger partial charge in [-0.25, -0.2) is 4.79 Å². The summed E-state index contributed by atoms with van der Waals surface area (Å²) in [7, 11) is 5.15. The van der Waals surface area contributed by atoms with Gasteiger partial charge in [0, 0.05) is 45.8 Å². The number of carbonyl (C=O) groups is 3. The van der Waals surface area contributed by atoms with Crippen molar-refractivity contribution >= 4 is 35.1 Å². The Hall–Kier alpha value is -2.28. The van der Waals surface area contributed by atoms with Crippen molar-refractivity contribution in [2.75, 3.05) is 33.0 Å². The summed E-state index contributed by atoms with van der Waals surface area (Å²) in [4.78, 5) is 39.5. The summed E-state index contributed by atoms with van der Waals surface area (Å²) in [5.41, 5.74) is 0.913. The van der Waals surface area contributed by atoms with Crippen molar-refractivity contribution in [1.82, 2.24) is 15.1 Å². The zero-order chi connectivity index (χ0) is 20.7. The Balaban J connectivity index is 1.91. The maximum absolute atomic E-state index is 12.8. The normalized spacial score (nSPS) is 14.3. The molecule has 1 fully saturated rings. The fourth-order valence-electron chi connectivity index (χ4n) is 3.27. The molecule has 28 heavy (non-hydrogen) atoms. The van der Waals surface area contributed by atoms with E-state index in [0.717, 1.165) is 25.7 Å². The lowest BCUT2D eigenvalue weighted by atomic mass is 9.94. The molecule has 154 valence electrons. The fourth-order valence-corrected chi connectivity index (χ4v) is 3.53. The molecule has 0 spiro atoms. The van der Waals surface area contributed by atoms with E-state index >= 15 is 0 Å². The second kappa shape index (κ2) is 10.3. The highest BCUT2D eigenvalue weighted by atomic mass is 35.5. The summed E-state index contributed by atoms with van der Waals surface area (Å²) >= 11 is 6.30. The lowest BCUT2D eigenvalue weighted by Crippen LogP contribution is -2.38. The Bertz CT molecular complexity index is 717. The van der Waals surface area contributed by atoms with E-state index in [-0.39, 0.29) is 30.8 Å². The van der Waals surface area contributed by atoms with E-state index in [1.54, 1.807) is 37.2 Å². The van der Waals surface area contributed by atoms with E-state index < -0.39 is 6.03 Å². The molecule has 1 aliphatic carbocycles. The second-order valence-corrected chi connectivity index (χ2v) is 7.73. The molecular formula is C20H29ClN4O3. The Kier molecular flexibility index (Phi) is 8.11. The molecule has 0 radical (unpaired) electrons. The number of hydrogen-bond acceptors (Lipinski definition) is 3.